The van der Waals surface area contributed by atoms with Crippen LogP contribution in [0.4, 0.5) is 0 Å². The summed E-state index contributed by atoms with van der Waals surface area (Å²) in [5.41, 5.74) is 0.258. The van der Waals surface area contributed by atoms with Gasteiger partial charge in [0.2, 0.25) is 0 Å². The molecular formula is C14H16ClN4O2+. The third kappa shape index (κ3) is 2.38. The van der Waals surface area contributed by atoms with E-state index in [0.717, 1.165) is 19.5 Å². The number of rotatable bonds is 1. The van der Waals surface area contributed by atoms with Crippen molar-refractivity contribution in [3.63, 3.8) is 0 Å². The van der Waals surface area contributed by atoms with Gasteiger partial charge in [-0.1, -0.05) is 25.4 Å². The number of hydrogen-bond donors (Lipinski definition) is 1. The van der Waals surface area contributed by atoms with Gasteiger partial charge in [-0.15, -0.1) is 0 Å². The Kier molecular flexibility index (Phi) is 3.37. The number of carbonyl (C=O) groups excluding carboxylic acids is 2. The first-order chi connectivity index (χ1) is 9.90. The summed E-state index contributed by atoms with van der Waals surface area (Å²) in [6.07, 6.45) is 2.23. The highest BCUT2D eigenvalue weighted by atomic mass is 35.5. The highest BCUT2D eigenvalue weighted by Crippen LogP contribution is 2.26. The van der Waals surface area contributed by atoms with Crippen molar-refractivity contribution in [1.82, 2.24) is 14.9 Å². The normalized spacial score (nSPS) is 24.5. The number of nitrogens with zero attached hydrogens (tertiary/aromatic N) is 3. The van der Waals surface area contributed by atoms with Crippen LogP contribution >= 0.6 is 11.6 Å². The second-order valence-electron chi connectivity index (χ2n) is 6.06. The number of halogens is 1. The van der Waals surface area contributed by atoms with Gasteiger partial charge >= 0.3 is 17.3 Å². The molecule has 0 radical (unpaired) electrons. The Morgan fingerprint density at radius 1 is 1.43 bits per heavy atom. The zero-order valence-corrected chi connectivity index (χ0v) is 12.6. The van der Waals surface area contributed by atoms with Crippen LogP contribution in [-0.2, 0) is 9.59 Å². The maximum atomic E-state index is 12.3. The number of carbonyl (C=O) groups is 2. The number of hydrogen-bond acceptors (Lipinski definition) is 4. The molecule has 1 fully saturated rings. The van der Waals surface area contributed by atoms with Gasteiger partial charge in [0.05, 0.1) is 5.02 Å². The smallest absolute Gasteiger partial charge is 0.316 e. The number of nitrogens with one attached hydrogen (secondary N) is 1. The Balaban J connectivity index is 2.29. The molecule has 1 atom stereocenters. The fraction of sp³-hybridized carbons (Fsp3) is 0.500. The number of fused-ring (bicyclic) bond motifs is 1. The lowest BCUT2D eigenvalue weighted by Gasteiger charge is -2.37. The average molecular weight is 308 g/mol. The summed E-state index contributed by atoms with van der Waals surface area (Å²) in [5, 5.41) is 4.07. The van der Waals surface area contributed by atoms with E-state index in [1.165, 1.54) is 10.8 Å². The van der Waals surface area contributed by atoms with Gasteiger partial charge in [0.25, 0.3) is 0 Å². The molecule has 0 spiro atoms. The summed E-state index contributed by atoms with van der Waals surface area (Å²) in [6.45, 7) is 5.72. The lowest BCUT2D eigenvalue weighted by Crippen LogP contribution is -2.63. The molecule has 6 nitrogen and oxygen atoms in total. The fourth-order valence-electron chi connectivity index (χ4n) is 2.97. The Morgan fingerprint density at radius 3 is 2.90 bits per heavy atom. The summed E-state index contributed by atoms with van der Waals surface area (Å²) in [7, 11) is 0. The molecule has 21 heavy (non-hydrogen) atoms. The molecule has 110 valence electrons. The largest absolute Gasteiger partial charge is 0.401 e. The fourth-order valence-corrected chi connectivity index (χ4v) is 3.12. The van der Waals surface area contributed by atoms with E-state index in [0.29, 0.717) is 15.9 Å². The van der Waals surface area contributed by atoms with Crippen molar-refractivity contribution in [2.24, 2.45) is 10.4 Å². The Morgan fingerprint density at radius 2 is 2.19 bits per heavy atom. The molecule has 1 saturated heterocycles. The minimum absolute atomic E-state index is 0.0990. The number of pyridine rings is 1. The average Bonchev–Trinajstić information content (AvgIpc) is 2.41. The number of piperidine rings is 1. The first kappa shape index (κ1) is 14.3. The van der Waals surface area contributed by atoms with Crippen LogP contribution in [0.1, 0.15) is 20.3 Å². The molecule has 3 heterocycles. The predicted molar refractivity (Wildman–Crippen MR) is 76.3 cm³/mol. The molecule has 1 aromatic heterocycles. The van der Waals surface area contributed by atoms with Crippen molar-refractivity contribution in [3.8, 4) is 0 Å². The van der Waals surface area contributed by atoms with Gasteiger partial charge in [-0.2, -0.15) is 9.57 Å². The van der Waals surface area contributed by atoms with Gasteiger partial charge in [-0.25, -0.2) is 4.79 Å². The van der Waals surface area contributed by atoms with Crippen LogP contribution in [0.5, 0.6) is 0 Å². The molecule has 0 bridgehead atoms. The summed E-state index contributed by atoms with van der Waals surface area (Å²) in [6, 6.07) is 1.47. The third-order valence-electron chi connectivity index (χ3n) is 4.05. The van der Waals surface area contributed by atoms with E-state index in [-0.39, 0.29) is 11.5 Å². The van der Waals surface area contributed by atoms with Crippen molar-refractivity contribution >= 4 is 23.4 Å². The van der Waals surface area contributed by atoms with E-state index in [1.54, 1.807) is 6.07 Å². The van der Waals surface area contributed by atoms with E-state index in [2.05, 4.69) is 29.1 Å². The highest BCUT2D eigenvalue weighted by molar-refractivity contribution is 6.36. The maximum Gasteiger partial charge on any atom is 0.401 e. The number of amides is 2. The van der Waals surface area contributed by atoms with Gasteiger partial charge in [0, 0.05) is 18.4 Å². The molecule has 0 saturated carbocycles. The molecule has 1 aromatic rings. The SMILES string of the molecule is CC1(C)CNCCC1[N+]1=c2ncc(Cl)cc2=NC(=O)C1=O. The van der Waals surface area contributed by atoms with Gasteiger partial charge in [-0.05, 0) is 17.6 Å². The van der Waals surface area contributed by atoms with E-state index >= 15 is 0 Å². The van der Waals surface area contributed by atoms with Crippen LogP contribution in [0.2, 0.25) is 5.02 Å². The number of aromatic nitrogens is 1. The molecule has 2 aliphatic rings. The first-order valence-electron chi connectivity index (χ1n) is 6.86. The van der Waals surface area contributed by atoms with Gasteiger partial charge < -0.3 is 5.32 Å². The quantitative estimate of drug-likeness (QED) is 0.550. The van der Waals surface area contributed by atoms with Gasteiger partial charge in [-0.3, -0.25) is 4.79 Å². The van der Waals surface area contributed by atoms with Crippen molar-refractivity contribution in [1.29, 1.82) is 0 Å². The molecule has 2 amide bonds. The Labute approximate surface area is 126 Å². The lowest BCUT2D eigenvalue weighted by atomic mass is 9.79. The third-order valence-corrected chi connectivity index (χ3v) is 4.26. The van der Waals surface area contributed by atoms with Gasteiger partial charge in [0.15, 0.2) is 11.6 Å². The Hall–Kier alpha value is -1.66. The van der Waals surface area contributed by atoms with Gasteiger partial charge in [0.1, 0.15) is 6.04 Å². The van der Waals surface area contributed by atoms with E-state index in [4.69, 9.17) is 11.6 Å². The van der Waals surface area contributed by atoms with Crippen molar-refractivity contribution in [2.75, 3.05) is 13.1 Å². The first-order valence-corrected chi connectivity index (χ1v) is 7.23. The van der Waals surface area contributed by atoms with Crippen LogP contribution < -0.4 is 20.7 Å². The van der Waals surface area contributed by atoms with Crippen molar-refractivity contribution in [3.05, 3.63) is 28.1 Å². The minimum Gasteiger partial charge on any atom is -0.316 e. The zero-order chi connectivity index (χ0) is 15.2. The summed E-state index contributed by atoms with van der Waals surface area (Å²) in [4.78, 5) is 32.3. The van der Waals surface area contributed by atoms with Crippen LogP contribution in [-0.4, -0.2) is 35.9 Å². The second kappa shape index (κ2) is 4.96. The zero-order valence-electron chi connectivity index (χ0n) is 11.9. The highest BCUT2D eigenvalue weighted by Gasteiger charge is 2.44. The second-order valence-corrected chi connectivity index (χ2v) is 6.49. The minimum atomic E-state index is -0.763. The summed E-state index contributed by atoms with van der Waals surface area (Å²) < 4.78 is 1.50. The standard InChI is InChI=1S/C14H16ClN4O2/c1-14(2)7-16-4-3-10(14)19-11-9(5-8(15)6-17-11)18-12(20)13(19)21/h5-6,10,16H,3-4,7H2,1-2H3/q+1. The van der Waals surface area contributed by atoms with E-state index in [1.807, 2.05) is 0 Å². The summed E-state index contributed by atoms with van der Waals surface area (Å²) >= 11 is 5.90. The molecule has 1 unspecified atom stereocenters. The van der Waals surface area contributed by atoms with Crippen LogP contribution in [0, 0.1) is 5.41 Å². The van der Waals surface area contributed by atoms with E-state index < -0.39 is 11.8 Å². The lowest BCUT2D eigenvalue weighted by molar-refractivity contribution is -0.140. The van der Waals surface area contributed by atoms with Crippen LogP contribution in [0.25, 0.3) is 0 Å². The van der Waals surface area contributed by atoms with Crippen molar-refractivity contribution in [2.45, 2.75) is 26.3 Å². The van der Waals surface area contributed by atoms with Crippen LogP contribution in [0.3, 0.4) is 0 Å². The molecule has 0 aliphatic carbocycles. The molecule has 2 aliphatic heterocycles. The Bertz CT molecular complexity index is 757. The molecule has 0 aromatic carbocycles. The molecular weight excluding hydrogens is 292 g/mol. The summed E-state index contributed by atoms with van der Waals surface area (Å²) in [5.74, 6) is -1.38. The van der Waals surface area contributed by atoms with Crippen molar-refractivity contribution < 1.29 is 9.59 Å². The van der Waals surface area contributed by atoms with E-state index in [9.17, 15) is 9.59 Å². The molecule has 3 rings (SSSR count). The predicted octanol–water partition coefficient (Wildman–Crippen LogP) is -0.699. The maximum absolute atomic E-state index is 12.3. The molecule has 7 heteroatoms. The molecule has 1 N–H and O–H groups in total. The monoisotopic (exact) mass is 307 g/mol. The van der Waals surface area contributed by atoms with Crippen LogP contribution in [0.15, 0.2) is 17.3 Å². The topological polar surface area (TPSA) is 74.4 Å².